The Kier molecular flexibility index (Phi) is 4.57. The summed E-state index contributed by atoms with van der Waals surface area (Å²) >= 11 is 0. The number of benzene rings is 1. The van der Waals surface area contributed by atoms with Crippen LogP contribution in [0, 0.1) is 26.6 Å². The lowest BCUT2D eigenvalue weighted by atomic mass is 10.0. The molecule has 1 aromatic carbocycles. The lowest BCUT2D eigenvalue weighted by Crippen LogP contribution is -2.53. The maximum atomic E-state index is 13.6. The fourth-order valence-corrected chi connectivity index (χ4v) is 3.10. The van der Waals surface area contributed by atoms with E-state index in [2.05, 4.69) is 10.4 Å². The number of amides is 2. The number of carbonyl (C=O) groups excluding carboxylic acids is 2. The third-order valence-electron chi connectivity index (χ3n) is 4.73. The van der Waals surface area contributed by atoms with Crippen molar-refractivity contribution in [2.45, 2.75) is 33.4 Å². The first kappa shape index (κ1) is 17.1. The average Bonchev–Trinajstić information content (AvgIpc) is 2.81. The van der Waals surface area contributed by atoms with Gasteiger partial charge >= 0.3 is 0 Å². The molecule has 25 heavy (non-hydrogen) atoms. The van der Waals surface area contributed by atoms with Crippen molar-refractivity contribution in [1.82, 2.24) is 20.0 Å². The highest BCUT2D eigenvalue weighted by Gasteiger charge is 2.34. The monoisotopic (exact) mass is 344 g/mol. The summed E-state index contributed by atoms with van der Waals surface area (Å²) in [4.78, 5) is 26.7. The van der Waals surface area contributed by atoms with E-state index in [0.29, 0.717) is 18.7 Å². The fourth-order valence-electron chi connectivity index (χ4n) is 3.10. The molecule has 132 valence electrons. The molecule has 1 atom stereocenters. The second-order valence-corrected chi connectivity index (χ2v) is 6.29. The molecule has 2 heterocycles. The Morgan fingerprint density at radius 2 is 2.12 bits per heavy atom. The smallest absolute Gasteiger partial charge is 0.247 e. The summed E-state index contributed by atoms with van der Waals surface area (Å²) in [6.07, 6.45) is 0. The molecule has 1 saturated heterocycles. The zero-order valence-electron chi connectivity index (χ0n) is 14.5. The molecule has 2 aromatic rings. The Balaban J connectivity index is 1.88. The van der Waals surface area contributed by atoms with Crippen molar-refractivity contribution >= 4 is 11.8 Å². The summed E-state index contributed by atoms with van der Waals surface area (Å²) in [6, 6.07) is 4.99. The number of hydrogen-bond acceptors (Lipinski definition) is 3. The normalized spacial score (nSPS) is 17.5. The van der Waals surface area contributed by atoms with E-state index >= 15 is 0 Å². The third kappa shape index (κ3) is 3.26. The predicted octanol–water partition coefficient (Wildman–Crippen LogP) is 1.65. The largest absolute Gasteiger partial charge is 0.352 e. The van der Waals surface area contributed by atoms with Gasteiger partial charge in [-0.25, -0.2) is 4.39 Å². The van der Waals surface area contributed by atoms with Gasteiger partial charge in [0.15, 0.2) is 0 Å². The highest BCUT2D eigenvalue weighted by atomic mass is 19.1. The van der Waals surface area contributed by atoms with Crippen molar-refractivity contribution < 1.29 is 14.0 Å². The predicted molar refractivity (Wildman–Crippen MR) is 90.3 cm³/mol. The zero-order chi connectivity index (χ0) is 18.1. The van der Waals surface area contributed by atoms with Crippen LogP contribution < -0.4 is 5.32 Å². The molecule has 1 fully saturated rings. The first-order chi connectivity index (χ1) is 11.9. The molecule has 1 aliphatic heterocycles. The van der Waals surface area contributed by atoms with Gasteiger partial charge in [-0.2, -0.15) is 5.10 Å². The molecule has 0 radical (unpaired) electrons. The Morgan fingerprint density at radius 1 is 1.36 bits per heavy atom. The number of rotatable bonds is 3. The van der Waals surface area contributed by atoms with E-state index in [-0.39, 0.29) is 18.4 Å². The fraction of sp³-hybridized carbons (Fsp3) is 0.389. The summed E-state index contributed by atoms with van der Waals surface area (Å²) in [5.41, 5.74) is 3.32. The number of aryl methyl sites for hydroxylation is 1. The van der Waals surface area contributed by atoms with E-state index in [1.54, 1.807) is 16.8 Å². The van der Waals surface area contributed by atoms with Crippen molar-refractivity contribution in [3.8, 4) is 0 Å². The van der Waals surface area contributed by atoms with Gasteiger partial charge in [0.05, 0.1) is 5.69 Å². The SMILES string of the molecule is Cc1nn(CC(=O)N2CCNC(=O)[C@@H]2c2cccc(F)c2)c(C)c1C. The quantitative estimate of drug-likeness (QED) is 0.921. The molecule has 1 aromatic heterocycles. The molecule has 7 heteroatoms. The molecule has 0 spiro atoms. The van der Waals surface area contributed by atoms with Crippen LogP contribution in [0.1, 0.15) is 28.6 Å². The molecule has 0 unspecified atom stereocenters. The van der Waals surface area contributed by atoms with Gasteiger partial charge in [-0.15, -0.1) is 0 Å². The number of nitrogens with zero attached hydrogens (tertiary/aromatic N) is 3. The van der Waals surface area contributed by atoms with E-state index < -0.39 is 11.9 Å². The Bertz CT molecular complexity index is 830. The Morgan fingerprint density at radius 3 is 2.76 bits per heavy atom. The molecule has 0 saturated carbocycles. The van der Waals surface area contributed by atoms with Crippen LogP contribution in [0.4, 0.5) is 4.39 Å². The summed E-state index contributed by atoms with van der Waals surface area (Å²) in [7, 11) is 0. The summed E-state index contributed by atoms with van der Waals surface area (Å²) in [5, 5.41) is 7.13. The van der Waals surface area contributed by atoms with E-state index in [1.165, 1.54) is 17.0 Å². The van der Waals surface area contributed by atoms with Crippen LogP contribution in [-0.2, 0) is 16.1 Å². The van der Waals surface area contributed by atoms with Crippen molar-refractivity contribution in [3.63, 3.8) is 0 Å². The van der Waals surface area contributed by atoms with Gasteiger partial charge in [-0.05, 0) is 44.0 Å². The topological polar surface area (TPSA) is 67.2 Å². The molecule has 0 aliphatic carbocycles. The molecule has 2 amide bonds. The molecule has 0 bridgehead atoms. The second kappa shape index (κ2) is 6.66. The van der Waals surface area contributed by atoms with Gasteiger partial charge in [-0.1, -0.05) is 12.1 Å². The minimum atomic E-state index is -0.824. The van der Waals surface area contributed by atoms with E-state index in [0.717, 1.165) is 17.0 Å². The highest BCUT2D eigenvalue weighted by Crippen LogP contribution is 2.24. The minimum Gasteiger partial charge on any atom is -0.352 e. The van der Waals surface area contributed by atoms with E-state index in [9.17, 15) is 14.0 Å². The maximum Gasteiger partial charge on any atom is 0.247 e. The summed E-state index contributed by atoms with van der Waals surface area (Å²) in [5.74, 6) is -0.943. The molecule has 1 N–H and O–H groups in total. The standard InChI is InChI=1S/C18H21FN4O2/c1-11-12(2)21-23(13(11)3)10-16(24)22-8-7-20-18(25)17(22)14-5-4-6-15(19)9-14/h4-6,9,17H,7-8,10H2,1-3H3,(H,20,25)/t17-/m0/s1. The van der Waals surface area contributed by atoms with Gasteiger partial charge in [0.2, 0.25) is 11.8 Å². The van der Waals surface area contributed by atoms with E-state index in [1.807, 2.05) is 20.8 Å². The van der Waals surface area contributed by atoms with Crippen LogP contribution in [0.5, 0.6) is 0 Å². The second-order valence-electron chi connectivity index (χ2n) is 6.29. The Hall–Kier alpha value is -2.70. The first-order valence-corrected chi connectivity index (χ1v) is 8.21. The molecule has 1 aliphatic rings. The lowest BCUT2D eigenvalue weighted by molar-refractivity contribution is -0.144. The maximum absolute atomic E-state index is 13.6. The van der Waals surface area contributed by atoms with Crippen molar-refractivity contribution in [2.75, 3.05) is 13.1 Å². The number of piperazine rings is 1. The molecule has 6 nitrogen and oxygen atoms in total. The number of aromatic nitrogens is 2. The van der Waals surface area contributed by atoms with Gasteiger partial charge in [0.25, 0.3) is 0 Å². The van der Waals surface area contributed by atoms with Gasteiger partial charge in [0, 0.05) is 18.8 Å². The molecular weight excluding hydrogens is 323 g/mol. The lowest BCUT2D eigenvalue weighted by Gasteiger charge is -2.35. The van der Waals surface area contributed by atoms with Crippen LogP contribution in [-0.4, -0.2) is 39.6 Å². The third-order valence-corrected chi connectivity index (χ3v) is 4.73. The first-order valence-electron chi connectivity index (χ1n) is 8.21. The van der Waals surface area contributed by atoms with Crippen LogP contribution in [0.25, 0.3) is 0 Å². The zero-order valence-corrected chi connectivity index (χ0v) is 14.5. The number of hydrogen-bond donors (Lipinski definition) is 1. The minimum absolute atomic E-state index is 0.0552. The van der Waals surface area contributed by atoms with Crippen LogP contribution >= 0.6 is 0 Å². The number of halogens is 1. The van der Waals surface area contributed by atoms with Crippen LogP contribution in [0.2, 0.25) is 0 Å². The summed E-state index contributed by atoms with van der Waals surface area (Å²) < 4.78 is 15.2. The van der Waals surface area contributed by atoms with E-state index in [4.69, 9.17) is 0 Å². The summed E-state index contributed by atoms with van der Waals surface area (Å²) in [6.45, 7) is 6.58. The van der Waals surface area contributed by atoms with Crippen molar-refractivity contribution in [2.24, 2.45) is 0 Å². The van der Waals surface area contributed by atoms with Crippen molar-refractivity contribution in [1.29, 1.82) is 0 Å². The number of carbonyl (C=O) groups is 2. The van der Waals surface area contributed by atoms with Gasteiger partial charge in [0.1, 0.15) is 18.4 Å². The van der Waals surface area contributed by atoms with Gasteiger partial charge in [-0.3, -0.25) is 14.3 Å². The van der Waals surface area contributed by atoms with Gasteiger partial charge < -0.3 is 10.2 Å². The highest BCUT2D eigenvalue weighted by molar-refractivity contribution is 5.89. The van der Waals surface area contributed by atoms with Crippen LogP contribution in [0.15, 0.2) is 24.3 Å². The molecule has 3 rings (SSSR count). The average molecular weight is 344 g/mol. The Labute approximate surface area is 145 Å². The van der Waals surface area contributed by atoms with Crippen LogP contribution in [0.3, 0.4) is 0 Å². The van der Waals surface area contributed by atoms with Crippen molar-refractivity contribution in [3.05, 3.63) is 52.6 Å². The number of nitrogens with one attached hydrogen (secondary N) is 1. The molecular formula is C18H21FN4O2.